The van der Waals surface area contributed by atoms with Crippen molar-refractivity contribution in [3.05, 3.63) is 30.3 Å². The van der Waals surface area contributed by atoms with Crippen molar-refractivity contribution in [2.45, 2.75) is 33.6 Å². The molecule has 1 aromatic rings. The van der Waals surface area contributed by atoms with Crippen LogP contribution in [0.5, 0.6) is 0 Å². The third kappa shape index (κ3) is 1.57. The SMILES string of the molecule is CC12CCC(C(=NNc3ccccc3)C1=O)C2(C)C. The summed E-state index contributed by atoms with van der Waals surface area (Å²) < 4.78 is 0. The van der Waals surface area contributed by atoms with Gasteiger partial charge in [0.05, 0.1) is 5.69 Å². The molecule has 0 amide bonds. The predicted octanol–water partition coefficient (Wildman–Crippen LogP) is 3.48. The highest BCUT2D eigenvalue weighted by molar-refractivity contribution is 6.45. The number of anilines is 1. The van der Waals surface area contributed by atoms with E-state index in [0.29, 0.717) is 5.92 Å². The summed E-state index contributed by atoms with van der Waals surface area (Å²) in [5.41, 5.74) is 4.49. The average Bonchev–Trinajstić information content (AvgIpc) is 2.70. The lowest BCUT2D eigenvalue weighted by atomic mass is 9.70. The lowest BCUT2D eigenvalue weighted by molar-refractivity contribution is -0.123. The molecule has 1 N–H and O–H groups in total. The number of nitrogens with one attached hydrogen (secondary N) is 1. The summed E-state index contributed by atoms with van der Waals surface area (Å²) in [6.45, 7) is 6.50. The summed E-state index contributed by atoms with van der Waals surface area (Å²) in [5.74, 6) is 0.526. The Morgan fingerprint density at radius 1 is 1.21 bits per heavy atom. The molecular weight excluding hydrogens is 236 g/mol. The fraction of sp³-hybridized carbons (Fsp3) is 0.500. The molecule has 0 saturated heterocycles. The largest absolute Gasteiger partial charge is 0.292 e. The van der Waals surface area contributed by atoms with Crippen molar-refractivity contribution in [3.63, 3.8) is 0 Å². The Bertz CT molecular complexity index is 547. The molecule has 2 bridgehead atoms. The molecule has 2 unspecified atom stereocenters. The van der Waals surface area contributed by atoms with Gasteiger partial charge in [0.2, 0.25) is 0 Å². The van der Waals surface area contributed by atoms with Crippen LogP contribution in [0.3, 0.4) is 0 Å². The fourth-order valence-electron chi connectivity index (χ4n) is 3.59. The monoisotopic (exact) mass is 256 g/mol. The molecule has 2 fully saturated rings. The molecule has 0 radical (unpaired) electrons. The van der Waals surface area contributed by atoms with Crippen molar-refractivity contribution in [1.82, 2.24) is 0 Å². The number of hydrogen-bond donors (Lipinski definition) is 1. The van der Waals surface area contributed by atoms with Crippen LogP contribution in [0.2, 0.25) is 0 Å². The van der Waals surface area contributed by atoms with Crippen LogP contribution in [-0.2, 0) is 4.79 Å². The number of Topliss-reactive ketones (excluding diaryl/α,β-unsaturated/α-hetero) is 1. The molecule has 0 heterocycles. The van der Waals surface area contributed by atoms with Crippen LogP contribution in [0.1, 0.15) is 33.6 Å². The van der Waals surface area contributed by atoms with Gasteiger partial charge in [-0.1, -0.05) is 39.0 Å². The normalized spacial score (nSPS) is 33.9. The molecule has 0 spiro atoms. The minimum atomic E-state index is -0.227. The number of hydrogen-bond acceptors (Lipinski definition) is 3. The summed E-state index contributed by atoms with van der Waals surface area (Å²) in [4.78, 5) is 12.6. The summed E-state index contributed by atoms with van der Waals surface area (Å²) in [6, 6.07) is 9.78. The third-order valence-electron chi connectivity index (χ3n) is 5.37. The first kappa shape index (κ1) is 12.4. The van der Waals surface area contributed by atoms with E-state index < -0.39 is 0 Å². The van der Waals surface area contributed by atoms with E-state index in [9.17, 15) is 4.79 Å². The first-order valence-corrected chi connectivity index (χ1v) is 6.90. The van der Waals surface area contributed by atoms with E-state index in [4.69, 9.17) is 0 Å². The molecule has 2 saturated carbocycles. The number of carbonyl (C=O) groups excluding carboxylic acids is 1. The van der Waals surface area contributed by atoms with Gasteiger partial charge < -0.3 is 0 Å². The molecule has 2 aliphatic rings. The van der Waals surface area contributed by atoms with Crippen LogP contribution in [0.4, 0.5) is 5.69 Å². The number of fused-ring (bicyclic) bond motifs is 2. The fourth-order valence-corrected chi connectivity index (χ4v) is 3.59. The first-order valence-electron chi connectivity index (χ1n) is 6.90. The van der Waals surface area contributed by atoms with E-state index in [2.05, 4.69) is 31.3 Å². The van der Waals surface area contributed by atoms with Gasteiger partial charge in [-0.3, -0.25) is 10.2 Å². The summed E-state index contributed by atoms with van der Waals surface area (Å²) >= 11 is 0. The van der Waals surface area contributed by atoms with Crippen molar-refractivity contribution in [2.75, 3.05) is 5.43 Å². The zero-order valence-electron chi connectivity index (χ0n) is 11.7. The van der Waals surface area contributed by atoms with Gasteiger partial charge in [-0.05, 0) is 30.4 Å². The van der Waals surface area contributed by atoms with Crippen LogP contribution >= 0.6 is 0 Å². The van der Waals surface area contributed by atoms with E-state index in [1.165, 1.54) is 0 Å². The van der Waals surface area contributed by atoms with E-state index in [1.807, 2.05) is 30.3 Å². The smallest absolute Gasteiger partial charge is 0.185 e. The zero-order chi connectivity index (χ0) is 13.7. The molecule has 3 nitrogen and oxygen atoms in total. The van der Waals surface area contributed by atoms with E-state index in [0.717, 1.165) is 24.2 Å². The van der Waals surface area contributed by atoms with Gasteiger partial charge in [0.1, 0.15) is 5.71 Å². The first-order chi connectivity index (χ1) is 8.97. The van der Waals surface area contributed by atoms with Crippen molar-refractivity contribution >= 4 is 17.2 Å². The van der Waals surface area contributed by atoms with Crippen molar-refractivity contribution in [2.24, 2.45) is 21.8 Å². The van der Waals surface area contributed by atoms with Crippen LogP contribution in [0, 0.1) is 16.7 Å². The van der Waals surface area contributed by atoms with Crippen molar-refractivity contribution < 1.29 is 4.79 Å². The number of benzene rings is 1. The van der Waals surface area contributed by atoms with Gasteiger partial charge in [0.15, 0.2) is 5.78 Å². The zero-order valence-corrected chi connectivity index (χ0v) is 11.7. The number of para-hydroxylation sites is 1. The Kier molecular flexibility index (Phi) is 2.56. The van der Waals surface area contributed by atoms with Crippen LogP contribution < -0.4 is 5.43 Å². The predicted molar refractivity (Wildman–Crippen MR) is 77.1 cm³/mol. The standard InChI is InChI=1S/C16H20N2O/c1-15(2)12-9-10-16(15,3)14(19)13(12)18-17-11-7-5-4-6-8-11/h4-8,12,17H,9-10H2,1-3H3. The molecule has 3 rings (SSSR count). The minimum Gasteiger partial charge on any atom is -0.292 e. The Morgan fingerprint density at radius 2 is 1.89 bits per heavy atom. The van der Waals surface area contributed by atoms with Gasteiger partial charge in [-0.15, -0.1) is 0 Å². The van der Waals surface area contributed by atoms with Gasteiger partial charge >= 0.3 is 0 Å². The van der Waals surface area contributed by atoms with Crippen LogP contribution in [-0.4, -0.2) is 11.5 Å². The maximum Gasteiger partial charge on any atom is 0.185 e. The highest BCUT2D eigenvalue weighted by Gasteiger charge is 2.65. The Morgan fingerprint density at radius 3 is 2.47 bits per heavy atom. The molecule has 1 aromatic carbocycles. The minimum absolute atomic E-state index is 0.0291. The Hall–Kier alpha value is -1.64. The number of rotatable bonds is 2. The van der Waals surface area contributed by atoms with Gasteiger partial charge in [0.25, 0.3) is 0 Å². The van der Waals surface area contributed by atoms with E-state index in [1.54, 1.807) is 0 Å². The number of carbonyl (C=O) groups is 1. The van der Waals surface area contributed by atoms with Crippen molar-refractivity contribution in [1.29, 1.82) is 0 Å². The average molecular weight is 256 g/mol. The van der Waals surface area contributed by atoms with E-state index >= 15 is 0 Å². The molecule has 0 aliphatic heterocycles. The second kappa shape index (κ2) is 3.92. The summed E-state index contributed by atoms with van der Waals surface area (Å²) in [6.07, 6.45) is 2.07. The summed E-state index contributed by atoms with van der Waals surface area (Å²) in [5, 5.41) is 4.42. The lowest BCUT2D eigenvalue weighted by Crippen LogP contribution is -2.33. The Labute approximate surface area is 114 Å². The second-order valence-corrected chi connectivity index (χ2v) is 6.45. The molecule has 100 valence electrons. The lowest BCUT2D eigenvalue weighted by Gasteiger charge is -2.31. The van der Waals surface area contributed by atoms with E-state index in [-0.39, 0.29) is 16.6 Å². The Balaban J connectivity index is 1.89. The maximum atomic E-state index is 12.6. The van der Waals surface area contributed by atoms with Gasteiger partial charge in [-0.2, -0.15) is 5.10 Å². The quantitative estimate of drug-likeness (QED) is 0.823. The molecule has 0 aromatic heterocycles. The van der Waals surface area contributed by atoms with Gasteiger partial charge in [-0.25, -0.2) is 0 Å². The highest BCUT2D eigenvalue weighted by atomic mass is 16.1. The van der Waals surface area contributed by atoms with Crippen molar-refractivity contribution in [3.8, 4) is 0 Å². The van der Waals surface area contributed by atoms with Crippen LogP contribution in [0.25, 0.3) is 0 Å². The molecular formula is C16H20N2O. The number of ketones is 1. The third-order valence-corrected chi connectivity index (χ3v) is 5.37. The molecule has 2 atom stereocenters. The molecule has 3 heteroatoms. The highest BCUT2D eigenvalue weighted by Crippen LogP contribution is 2.62. The number of nitrogens with zero attached hydrogens (tertiary/aromatic N) is 1. The maximum absolute atomic E-state index is 12.6. The number of hydrazone groups is 1. The van der Waals surface area contributed by atoms with Gasteiger partial charge in [0, 0.05) is 11.3 Å². The summed E-state index contributed by atoms with van der Waals surface area (Å²) in [7, 11) is 0. The molecule has 19 heavy (non-hydrogen) atoms. The molecule has 2 aliphatic carbocycles. The van der Waals surface area contributed by atoms with Crippen LogP contribution in [0.15, 0.2) is 35.4 Å². The second-order valence-electron chi connectivity index (χ2n) is 6.45. The topological polar surface area (TPSA) is 41.5 Å².